The van der Waals surface area contributed by atoms with Crippen molar-refractivity contribution < 1.29 is 4.39 Å². The van der Waals surface area contributed by atoms with Crippen LogP contribution in [0.15, 0.2) is 12.1 Å². The number of hydrogen-bond donors (Lipinski definition) is 3. The molecule has 0 amide bonds. The van der Waals surface area contributed by atoms with E-state index in [4.69, 9.17) is 10.7 Å². The normalized spacial score (nSPS) is 29.1. The van der Waals surface area contributed by atoms with Crippen LogP contribution >= 0.6 is 12.6 Å². The molecule has 2 aliphatic carbocycles. The molecule has 2 aliphatic heterocycles. The largest absolute Gasteiger partial charge is 0.398 e. The summed E-state index contributed by atoms with van der Waals surface area (Å²) in [6.07, 6.45) is 10.1. The maximum Gasteiger partial charge on any atom is 0.132 e. The van der Waals surface area contributed by atoms with Gasteiger partial charge in [-0.3, -0.25) is 4.90 Å². The molecule has 3 heterocycles. The molecule has 5 unspecified atom stereocenters. The first-order valence-electron chi connectivity index (χ1n) is 16.5. The van der Waals surface area contributed by atoms with Crippen molar-refractivity contribution in [2.45, 2.75) is 128 Å². The summed E-state index contributed by atoms with van der Waals surface area (Å²) in [6.45, 7) is 12.7. The van der Waals surface area contributed by atoms with Crippen LogP contribution in [0.25, 0.3) is 0 Å². The molecule has 2 aromatic rings. The number of thiol groups is 1. The van der Waals surface area contributed by atoms with E-state index in [2.05, 4.69) is 74.6 Å². The van der Waals surface area contributed by atoms with Gasteiger partial charge in [0.05, 0.1) is 5.56 Å². The molecule has 6 nitrogen and oxygen atoms in total. The lowest BCUT2D eigenvalue weighted by Crippen LogP contribution is -2.34. The smallest absolute Gasteiger partial charge is 0.132 e. The first-order chi connectivity index (χ1) is 20.5. The molecule has 6 rings (SSSR count). The summed E-state index contributed by atoms with van der Waals surface area (Å²) in [7, 11) is 1.91. The van der Waals surface area contributed by atoms with Gasteiger partial charge in [0.2, 0.25) is 0 Å². The second kappa shape index (κ2) is 14.6. The Bertz CT molecular complexity index is 1290. The maximum atomic E-state index is 12.8. The molecule has 0 spiro atoms. The minimum Gasteiger partial charge on any atom is -0.398 e. The third-order valence-corrected chi connectivity index (χ3v) is 11.1. The number of nitrogen functional groups attached to an aromatic ring is 1. The molecule has 1 aromatic heterocycles. The van der Waals surface area contributed by atoms with Crippen LogP contribution in [0.1, 0.15) is 125 Å². The second-order valence-electron chi connectivity index (χ2n) is 13.4. The summed E-state index contributed by atoms with van der Waals surface area (Å²) in [5.74, 6) is 3.41. The first kappa shape index (κ1) is 33.5. The van der Waals surface area contributed by atoms with E-state index in [1.807, 2.05) is 13.1 Å². The topological polar surface area (TPSA) is 90.9 Å². The second-order valence-corrected chi connectivity index (χ2v) is 14.0. The average molecular weight is 609 g/mol. The van der Waals surface area contributed by atoms with Crippen molar-refractivity contribution >= 4 is 24.1 Å². The van der Waals surface area contributed by atoms with Crippen molar-refractivity contribution in [3.05, 3.63) is 45.9 Å². The quantitative estimate of drug-likeness (QED) is 0.239. The van der Waals surface area contributed by atoms with E-state index in [1.54, 1.807) is 0 Å². The molecule has 1 saturated carbocycles. The molecule has 236 valence electrons. The molecular weight excluding hydrogens is 555 g/mol. The van der Waals surface area contributed by atoms with E-state index in [-0.39, 0.29) is 11.5 Å². The molecule has 1 aromatic carbocycles. The summed E-state index contributed by atoms with van der Waals surface area (Å²) < 4.78 is 12.8. The lowest BCUT2D eigenvalue weighted by Gasteiger charge is -2.31. The molecule has 2 saturated heterocycles. The molecule has 3 fully saturated rings. The van der Waals surface area contributed by atoms with E-state index in [1.165, 1.54) is 36.8 Å². The number of fused-ring (bicyclic) bond motifs is 2. The van der Waals surface area contributed by atoms with Crippen LogP contribution in [0, 0.1) is 17.2 Å². The summed E-state index contributed by atoms with van der Waals surface area (Å²) in [6, 6.07) is 6.36. The number of rotatable bonds is 5. The standard InChI is InChI=1S/C22H29N5.C8H14FN.C5H10S/c1-5-15-19(26-20(6-2)27-22(15)25-4)11-14-8-7-13(3)16-9-10-18(24)17(12-23)21(14)16;1-8-3-2-4-10(8)6-7(9)5-8;1-4-2-3-5(4)6/h9-10,13-14H,5-8,11,24H2,1-4H3,(H,25,26,27);7H,2-6H2,1H3;4-6H,2-3H2,1H3/t13-,14?;;/m0../s1. The summed E-state index contributed by atoms with van der Waals surface area (Å²) in [4.78, 5) is 11.8. The van der Waals surface area contributed by atoms with Crippen molar-refractivity contribution in [3.63, 3.8) is 0 Å². The number of alkyl halides is 1. The molecule has 0 radical (unpaired) electrons. The predicted molar refractivity (Wildman–Crippen MR) is 180 cm³/mol. The fourth-order valence-corrected chi connectivity index (χ4v) is 7.67. The molecule has 0 bridgehead atoms. The number of nitrogens with two attached hydrogens (primary N) is 1. The Balaban J connectivity index is 0.000000212. The third kappa shape index (κ3) is 7.48. The Hall–Kier alpha value is -2.37. The highest BCUT2D eigenvalue weighted by atomic mass is 32.1. The summed E-state index contributed by atoms with van der Waals surface area (Å²) in [5, 5.41) is 13.7. The van der Waals surface area contributed by atoms with E-state index < -0.39 is 6.17 Å². The molecule has 43 heavy (non-hydrogen) atoms. The zero-order valence-electron chi connectivity index (χ0n) is 27.2. The molecular formula is C35H53FN6S. The van der Waals surface area contributed by atoms with E-state index in [9.17, 15) is 9.65 Å². The van der Waals surface area contributed by atoms with Gasteiger partial charge < -0.3 is 11.1 Å². The van der Waals surface area contributed by atoms with E-state index >= 15 is 0 Å². The molecule has 4 aliphatic rings. The molecule has 3 N–H and O–H groups in total. The molecule has 8 heteroatoms. The fraction of sp³-hybridized carbons (Fsp3) is 0.686. The summed E-state index contributed by atoms with van der Waals surface area (Å²) in [5.41, 5.74) is 12.3. The Labute approximate surface area is 264 Å². The van der Waals surface area contributed by atoms with Crippen LogP contribution in [0.3, 0.4) is 0 Å². The lowest BCUT2D eigenvalue weighted by molar-refractivity contribution is 0.217. The highest BCUT2D eigenvalue weighted by molar-refractivity contribution is 7.81. The number of aromatic nitrogens is 2. The average Bonchev–Trinajstić information content (AvgIpc) is 3.50. The van der Waals surface area contributed by atoms with Crippen LogP contribution in [0.2, 0.25) is 0 Å². The van der Waals surface area contributed by atoms with Crippen molar-refractivity contribution in [3.8, 4) is 6.07 Å². The minimum atomic E-state index is -0.551. The summed E-state index contributed by atoms with van der Waals surface area (Å²) >= 11 is 4.28. The van der Waals surface area contributed by atoms with Crippen molar-refractivity contribution in [2.75, 3.05) is 31.2 Å². The minimum absolute atomic E-state index is 0.236. The maximum absolute atomic E-state index is 12.8. The number of nitrogens with one attached hydrogen (secondary N) is 1. The van der Waals surface area contributed by atoms with Crippen LogP contribution in [0.5, 0.6) is 0 Å². The van der Waals surface area contributed by atoms with Gasteiger partial charge in [-0.2, -0.15) is 17.9 Å². The van der Waals surface area contributed by atoms with Gasteiger partial charge in [-0.15, -0.1) is 0 Å². The van der Waals surface area contributed by atoms with Gasteiger partial charge in [-0.1, -0.05) is 33.8 Å². The fourth-order valence-electron chi connectivity index (χ4n) is 7.37. The third-order valence-electron chi connectivity index (χ3n) is 10.4. The first-order valence-corrected chi connectivity index (χ1v) is 17.0. The van der Waals surface area contributed by atoms with Gasteiger partial charge >= 0.3 is 0 Å². The van der Waals surface area contributed by atoms with E-state index in [0.29, 0.717) is 23.7 Å². The van der Waals surface area contributed by atoms with E-state index in [0.717, 1.165) is 79.1 Å². The zero-order valence-corrected chi connectivity index (χ0v) is 28.1. The number of halogens is 1. The lowest BCUT2D eigenvalue weighted by atomic mass is 9.73. The number of aryl methyl sites for hydroxylation is 1. The number of benzene rings is 1. The van der Waals surface area contributed by atoms with Gasteiger partial charge in [-0.25, -0.2) is 14.4 Å². The van der Waals surface area contributed by atoms with Crippen molar-refractivity contribution in [2.24, 2.45) is 5.92 Å². The highest BCUT2D eigenvalue weighted by Gasteiger charge is 2.44. The van der Waals surface area contributed by atoms with Crippen LogP contribution in [-0.2, 0) is 19.3 Å². The SMILES string of the molecule is CC12CCCN1CC(F)C2.CC1CCC1S.CCc1nc(CC2CC[C@H](C)c3ccc(N)c(C#N)c32)c(CC)c(NC)n1. The van der Waals surface area contributed by atoms with Gasteiger partial charge in [0.15, 0.2) is 0 Å². The molecule has 6 atom stereocenters. The Morgan fingerprint density at radius 3 is 2.47 bits per heavy atom. The van der Waals surface area contributed by atoms with Crippen LogP contribution < -0.4 is 11.1 Å². The monoisotopic (exact) mass is 608 g/mol. The van der Waals surface area contributed by atoms with Gasteiger partial charge in [0, 0.05) is 47.7 Å². The predicted octanol–water partition coefficient (Wildman–Crippen LogP) is 7.62. The van der Waals surface area contributed by atoms with Gasteiger partial charge in [-0.05, 0) is 106 Å². The van der Waals surface area contributed by atoms with Gasteiger partial charge in [0.1, 0.15) is 23.9 Å². The number of anilines is 2. The highest BCUT2D eigenvalue weighted by Crippen LogP contribution is 2.44. The number of hydrogen-bond acceptors (Lipinski definition) is 7. The van der Waals surface area contributed by atoms with Crippen LogP contribution in [-0.4, -0.2) is 52.0 Å². The number of nitriles is 1. The van der Waals surface area contributed by atoms with Crippen molar-refractivity contribution in [1.82, 2.24) is 14.9 Å². The van der Waals surface area contributed by atoms with Crippen LogP contribution in [0.4, 0.5) is 15.9 Å². The number of nitrogens with zero attached hydrogens (tertiary/aromatic N) is 4. The van der Waals surface area contributed by atoms with Crippen molar-refractivity contribution in [1.29, 1.82) is 5.26 Å². The zero-order chi connectivity index (χ0) is 31.3. The Morgan fingerprint density at radius 1 is 1.16 bits per heavy atom. The van der Waals surface area contributed by atoms with Gasteiger partial charge in [0.25, 0.3) is 0 Å². The Morgan fingerprint density at radius 2 is 1.91 bits per heavy atom. The Kier molecular flexibility index (Phi) is 11.4.